The highest BCUT2D eigenvalue weighted by molar-refractivity contribution is 5.77. The van der Waals surface area contributed by atoms with Crippen molar-refractivity contribution in [1.29, 1.82) is 0 Å². The topological polar surface area (TPSA) is 91.5 Å². The Balaban J connectivity index is 1.41. The van der Waals surface area contributed by atoms with E-state index in [-0.39, 0.29) is 12.0 Å². The van der Waals surface area contributed by atoms with Crippen molar-refractivity contribution in [2.75, 3.05) is 19.6 Å². The number of aliphatic hydroxyl groups excluding tert-OH is 1. The van der Waals surface area contributed by atoms with Crippen LogP contribution < -0.4 is 5.32 Å². The monoisotopic (exact) mass is 294 g/mol. The molecule has 3 rings (SSSR count). The molecule has 116 valence electrons. The number of likely N-dealkylation sites (tertiary alicyclic amines) is 1. The van der Waals surface area contributed by atoms with E-state index in [0.29, 0.717) is 37.3 Å². The summed E-state index contributed by atoms with van der Waals surface area (Å²) in [6.45, 7) is 2.04. The van der Waals surface area contributed by atoms with Crippen molar-refractivity contribution in [2.24, 2.45) is 0 Å². The molecule has 7 nitrogen and oxygen atoms in total. The second-order valence-corrected chi connectivity index (χ2v) is 5.98. The molecule has 1 unspecified atom stereocenters. The number of amides is 1. The standard InChI is InChI=1S/C14H22N4O3/c19-11-5-2-6-18(8-11)9-13(20)15-7-12-16-14(21-17-12)10-3-1-4-10/h10-11,19H,1-9H2,(H,15,20). The lowest BCUT2D eigenvalue weighted by Crippen LogP contribution is -2.44. The predicted octanol–water partition coefficient (Wildman–Crippen LogP) is 0.410. The quantitative estimate of drug-likeness (QED) is 0.817. The number of nitrogens with one attached hydrogen (secondary N) is 1. The fourth-order valence-electron chi connectivity index (χ4n) is 2.77. The van der Waals surface area contributed by atoms with Crippen LogP contribution in [0.5, 0.6) is 0 Å². The summed E-state index contributed by atoms with van der Waals surface area (Å²) in [4.78, 5) is 18.2. The summed E-state index contributed by atoms with van der Waals surface area (Å²) in [5, 5.41) is 16.3. The molecule has 2 aliphatic rings. The first-order valence-electron chi connectivity index (χ1n) is 7.70. The largest absolute Gasteiger partial charge is 0.392 e. The Bertz CT molecular complexity index is 486. The Hall–Kier alpha value is -1.47. The molecule has 2 heterocycles. The highest BCUT2D eigenvalue weighted by Gasteiger charge is 2.25. The third-order valence-corrected chi connectivity index (χ3v) is 4.23. The molecule has 0 spiro atoms. The zero-order valence-electron chi connectivity index (χ0n) is 12.1. The van der Waals surface area contributed by atoms with Crippen molar-refractivity contribution >= 4 is 5.91 Å². The Morgan fingerprint density at radius 2 is 2.24 bits per heavy atom. The molecule has 21 heavy (non-hydrogen) atoms. The number of carbonyl (C=O) groups excluding carboxylic acids is 1. The van der Waals surface area contributed by atoms with Gasteiger partial charge >= 0.3 is 0 Å². The Morgan fingerprint density at radius 1 is 1.38 bits per heavy atom. The minimum absolute atomic E-state index is 0.0703. The van der Waals surface area contributed by atoms with Crippen LogP contribution in [0, 0.1) is 0 Å². The number of carbonyl (C=O) groups is 1. The van der Waals surface area contributed by atoms with E-state index in [9.17, 15) is 9.90 Å². The minimum Gasteiger partial charge on any atom is -0.392 e. The Labute approximate surface area is 123 Å². The van der Waals surface area contributed by atoms with Crippen LogP contribution in [0.3, 0.4) is 0 Å². The Morgan fingerprint density at radius 3 is 2.95 bits per heavy atom. The van der Waals surface area contributed by atoms with Crippen molar-refractivity contribution in [3.8, 4) is 0 Å². The molecule has 7 heteroatoms. The SMILES string of the molecule is O=C(CN1CCCC(O)C1)NCc1noc(C2CCC2)n1. The van der Waals surface area contributed by atoms with Gasteiger partial charge < -0.3 is 14.9 Å². The van der Waals surface area contributed by atoms with E-state index in [0.717, 1.165) is 32.2 Å². The van der Waals surface area contributed by atoms with Gasteiger partial charge in [-0.2, -0.15) is 4.98 Å². The van der Waals surface area contributed by atoms with Crippen LogP contribution in [0.4, 0.5) is 0 Å². The summed E-state index contributed by atoms with van der Waals surface area (Å²) in [7, 11) is 0. The first kappa shape index (κ1) is 14.5. The molecule has 0 radical (unpaired) electrons. The van der Waals surface area contributed by atoms with Gasteiger partial charge in [0.15, 0.2) is 5.82 Å². The van der Waals surface area contributed by atoms with Gasteiger partial charge in [-0.05, 0) is 32.2 Å². The molecule has 2 fully saturated rings. The second kappa shape index (κ2) is 6.53. The molecular weight excluding hydrogens is 272 g/mol. The van der Waals surface area contributed by atoms with Gasteiger partial charge in [0, 0.05) is 12.5 Å². The summed E-state index contributed by atoms with van der Waals surface area (Å²) < 4.78 is 5.21. The molecule has 1 amide bonds. The van der Waals surface area contributed by atoms with E-state index in [4.69, 9.17) is 4.52 Å². The van der Waals surface area contributed by atoms with Crippen LogP contribution in [0.1, 0.15) is 49.7 Å². The average molecular weight is 294 g/mol. The van der Waals surface area contributed by atoms with Crippen molar-refractivity contribution in [2.45, 2.75) is 50.7 Å². The average Bonchev–Trinajstić information content (AvgIpc) is 2.83. The highest BCUT2D eigenvalue weighted by Crippen LogP contribution is 2.35. The van der Waals surface area contributed by atoms with Crippen LogP contribution in [-0.4, -0.2) is 51.8 Å². The number of nitrogens with zero attached hydrogens (tertiary/aromatic N) is 3. The maximum atomic E-state index is 11.9. The molecule has 1 saturated heterocycles. The van der Waals surface area contributed by atoms with Gasteiger partial charge in [0.1, 0.15) is 0 Å². The molecule has 0 bridgehead atoms. The van der Waals surface area contributed by atoms with Gasteiger partial charge in [0.05, 0.1) is 19.2 Å². The zero-order valence-corrected chi connectivity index (χ0v) is 12.1. The number of β-amino-alcohol motifs (C(OH)–C–C–N with tert-alkyl or cyclic N) is 1. The fourth-order valence-corrected chi connectivity index (χ4v) is 2.77. The van der Waals surface area contributed by atoms with E-state index in [1.54, 1.807) is 0 Å². The van der Waals surface area contributed by atoms with Crippen molar-refractivity contribution in [3.05, 3.63) is 11.7 Å². The van der Waals surface area contributed by atoms with E-state index in [1.165, 1.54) is 6.42 Å². The van der Waals surface area contributed by atoms with Crippen LogP contribution >= 0.6 is 0 Å². The lowest BCUT2D eigenvalue weighted by atomic mass is 9.85. The zero-order chi connectivity index (χ0) is 14.7. The van der Waals surface area contributed by atoms with Crippen molar-refractivity contribution in [1.82, 2.24) is 20.4 Å². The molecule has 1 aliphatic carbocycles. The van der Waals surface area contributed by atoms with Gasteiger partial charge in [-0.15, -0.1) is 0 Å². The van der Waals surface area contributed by atoms with Gasteiger partial charge in [-0.1, -0.05) is 11.6 Å². The third-order valence-electron chi connectivity index (χ3n) is 4.23. The van der Waals surface area contributed by atoms with E-state index >= 15 is 0 Å². The van der Waals surface area contributed by atoms with Crippen molar-refractivity contribution in [3.63, 3.8) is 0 Å². The van der Waals surface area contributed by atoms with E-state index < -0.39 is 0 Å². The van der Waals surface area contributed by atoms with Gasteiger partial charge in [0.25, 0.3) is 0 Å². The summed E-state index contributed by atoms with van der Waals surface area (Å²) >= 11 is 0. The van der Waals surface area contributed by atoms with E-state index in [1.807, 2.05) is 4.90 Å². The Kier molecular flexibility index (Phi) is 4.50. The predicted molar refractivity (Wildman–Crippen MR) is 74.4 cm³/mol. The molecule has 1 aromatic rings. The molecule has 1 aromatic heterocycles. The van der Waals surface area contributed by atoms with Crippen molar-refractivity contribution < 1.29 is 14.4 Å². The maximum absolute atomic E-state index is 11.9. The second-order valence-electron chi connectivity index (χ2n) is 5.98. The minimum atomic E-state index is -0.311. The number of piperidine rings is 1. The van der Waals surface area contributed by atoms with Gasteiger partial charge in [0.2, 0.25) is 11.8 Å². The third kappa shape index (κ3) is 3.79. The smallest absolute Gasteiger partial charge is 0.234 e. The highest BCUT2D eigenvalue weighted by atomic mass is 16.5. The summed E-state index contributed by atoms with van der Waals surface area (Å²) in [6.07, 6.45) is 4.90. The molecule has 1 aliphatic heterocycles. The van der Waals surface area contributed by atoms with Gasteiger partial charge in [-0.3, -0.25) is 9.69 Å². The van der Waals surface area contributed by atoms with Crippen LogP contribution in [0.15, 0.2) is 4.52 Å². The van der Waals surface area contributed by atoms with Crippen LogP contribution in [-0.2, 0) is 11.3 Å². The first-order chi connectivity index (χ1) is 10.2. The molecule has 0 aromatic carbocycles. The number of aromatic nitrogens is 2. The molecule has 2 N–H and O–H groups in total. The molecular formula is C14H22N4O3. The summed E-state index contributed by atoms with van der Waals surface area (Å²) in [6, 6.07) is 0. The molecule has 1 saturated carbocycles. The number of aliphatic hydroxyl groups is 1. The number of rotatable bonds is 5. The van der Waals surface area contributed by atoms with E-state index in [2.05, 4.69) is 15.5 Å². The lowest BCUT2D eigenvalue weighted by molar-refractivity contribution is -0.123. The number of hydrogen-bond acceptors (Lipinski definition) is 6. The normalized spacial score (nSPS) is 23.8. The van der Waals surface area contributed by atoms with Crippen LogP contribution in [0.2, 0.25) is 0 Å². The summed E-state index contributed by atoms with van der Waals surface area (Å²) in [5.41, 5.74) is 0. The van der Waals surface area contributed by atoms with Crippen LogP contribution in [0.25, 0.3) is 0 Å². The maximum Gasteiger partial charge on any atom is 0.234 e. The lowest BCUT2D eigenvalue weighted by Gasteiger charge is -2.29. The summed E-state index contributed by atoms with van der Waals surface area (Å²) in [5.74, 6) is 1.57. The molecule has 1 atom stereocenters. The fraction of sp³-hybridized carbons (Fsp3) is 0.786. The first-order valence-corrected chi connectivity index (χ1v) is 7.70. The van der Waals surface area contributed by atoms with Gasteiger partial charge in [-0.25, -0.2) is 0 Å². The number of hydrogen-bond donors (Lipinski definition) is 2.